The fourth-order valence-electron chi connectivity index (χ4n) is 1.87. The monoisotopic (exact) mass is 321 g/mol. The molecule has 2 aromatic rings. The molecular formula is C14H16BrN3O. The van der Waals surface area contributed by atoms with Crippen molar-refractivity contribution in [3.63, 3.8) is 0 Å². The van der Waals surface area contributed by atoms with Crippen molar-refractivity contribution in [2.75, 3.05) is 0 Å². The zero-order valence-corrected chi connectivity index (χ0v) is 12.6. The number of aromatic nitrogens is 2. The Labute approximate surface area is 121 Å². The van der Waals surface area contributed by atoms with E-state index in [9.17, 15) is 4.79 Å². The number of hydrogen-bond donors (Lipinski definition) is 1. The van der Waals surface area contributed by atoms with Crippen LogP contribution in [-0.4, -0.2) is 15.5 Å². The number of pyridine rings is 1. The van der Waals surface area contributed by atoms with E-state index in [0.29, 0.717) is 12.2 Å². The standard InChI is InChI=1S/C14H16BrN3O/c1-3-18-9-12(15)6-13(18)14(19)17-8-11-7-16-5-4-10(11)2/h4-7,9H,3,8H2,1-2H3,(H,17,19). The van der Waals surface area contributed by atoms with Crippen LogP contribution in [0.5, 0.6) is 0 Å². The van der Waals surface area contributed by atoms with E-state index >= 15 is 0 Å². The van der Waals surface area contributed by atoms with Crippen molar-refractivity contribution >= 4 is 21.8 Å². The van der Waals surface area contributed by atoms with E-state index in [2.05, 4.69) is 26.2 Å². The average Bonchev–Trinajstić information content (AvgIpc) is 2.79. The summed E-state index contributed by atoms with van der Waals surface area (Å²) in [5.41, 5.74) is 2.82. The van der Waals surface area contributed by atoms with Gasteiger partial charge < -0.3 is 9.88 Å². The fourth-order valence-corrected chi connectivity index (χ4v) is 2.34. The normalized spacial score (nSPS) is 10.5. The Balaban J connectivity index is 2.07. The highest BCUT2D eigenvalue weighted by atomic mass is 79.9. The first kappa shape index (κ1) is 13.8. The van der Waals surface area contributed by atoms with Crippen LogP contribution in [0.1, 0.15) is 28.5 Å². The second kappa shape index (κ2) is 6.02. The first-order valence-electron chi connectivity index (χ1n) is 6.15. The van der Waals surface area contributed by atoms with Gasteiger partial charge in [-0.05, 0) is 53.0 Å². The molecule has 2 aromatic heterocycles. The zero-order valence-electron chi connectivity index (χ0n) is 11.0. The van der Waals surface area contributed by atoms with Gasteiger partial charge in [-0.3, -0.25) is 9.78 Å². The summed E-state index contributed by atoms with van der Waals surface area (Å²) in [7, 11) is 0. The van der Waals surface area contributed by atoms with Crippen molar-refractivity contribution in [3.8, 4) is 0 Å². The van der Waals surface area contributed by atoms with Gasteiger partial charge >= 0.3 is 0 Å². The largest absolute Gasteiger partial charge is 0.347 e. The molecule has 4 nitrogen and oxygen atoms in total. The molecule has 0 radical (unpaired) electrons. The molecular weight excluding hydrogens is 306 g/mol. The van der Waals surface area contributed by atoms with Gasteiger partial charge in [-0.15, -0.1) is 0 Å². The lowest BCUT2D eigenvalue weighted by Crippen LogP contribution is -2.25. The molecule has 0 aliphatic heterocycles. The average molecular weight is 322 g/mol. The Hall–Kier alpha value is -1.62. The minimum absolute atomic E-state index is 0.0733. The molecule has 0 saturated heterocycles. The van der Waals surface area contributed by atoms with Gasteiger partial charge in [0.05, 0.1) is 0 Å². The maximum atomic E-state index is 12.1. The number of rotatable bonds is 4. The first-order valence-corrected chi connectivity index (χ1v) is 6.94. The van der Waals surface area contributed by atoms with E-state index in [0.717, 1.165) is 22.1 Å². The van der Waals surface area contributed by atoms with Crippen LogP contribution in [0, 0.1) is 6.92 Å². The molecule has 1 amide bonds. The summed E-state index contributed by atoms with van der Waals surface area (Å²) in [6.45, 7) is 5.27. The Morgan fingerprint density at radius 2 is 2.32 bits per heavy atom. The molecule has 0 aromatic carbocycles. The van der Waals surface area contributed by atoms with E-state index < -0.39 is 0 Å². The molecule has 0 saturated carbocycles. The van der Waals surface area contributed by atoms with E-state index in [1.54, 1.807) is 12.4 Å². The van der Waals surface area contributed by atoms with Crippen molar-refractivity contribution in [2.24, 2.45) is 0 Å². The molecule has 0 atom stereocenters. The summed E-state index contributed by atoms with van der Waals surface area (Å²) in [5.74, 6) is -0.0733. The molecule has 2 rings (SSSR count). The zero-order chi connectivity index (χ0) is 13.8. The summed E-state index contributed by atoms with van der Waals surface area (Å²) in [6.07, 6.45) is 5.44. The molecule has 0 unspecified atom stereocenters. The fraction of sp³-hybridized carbons (Fsp3) is 0.286. The minimum atomic E-state index is -0.0733. The molecule has 100 valence electrons. The second-order valence-corrected chi connectivity index (χ2v) is 5.23. The van der Waals surface area contributed by atoms with E-state index in [1.807, 2.05) is 36.7 Å². The Morgan fingerprint density at radius 3 is 3.00 bits per heavy atom. The van der Waals surface area contributed by atoms with Crippen molar-refractivity contribution in [1.82, 2.24) is 14.9 Å². The van der Waals surface area contributed by atoms with Crippen LogP contribution in [0.2, 0.25) is 0 Å². The molecule has 1 N–H and O–H groups in total. The smallest absolute Gasteiger partial charge is 0.268 e. The summed E-state index contributed by atoms with van der Waals surface area (Å²) in [6, 6.07) is 3.77. The van der Waals surface area contributed by atoms with E-state index in [-0.39, 0.29) is 5.91 Å². The lowest BCUT2D eigenvalue weighted by molar-refractivity contribution is 0.0941. The van der Waals surface area contributed by atoms with E-state index in [4.69, 9.17) is 0 Å². The van der Waals surface area contributed by atoms with Gasteiger partial charge in [-0.2, -0.15) is 0 Å². The topological polar surface area (TPSA) is 46.9 Å². The molecule has 2 heterocycles. The highest BCUT2D eigenvalue weighted by Crippen LogP contribution is 2.15. The van der Waals surface area contributed by atoms with Gasteiger partial charge in [0.1, 0.15) is 5.69 Å². The molecule has 0 fully saturated rings. The Morgan fingerprint density at radius 1 is 1.53 bits per heavy atom. The predicted molar refractivity (Wildman–Crippen MR) is 78.0 cm³/mol. The third-order valence-electron chi connectivity index (χ3n) is 3.02. The minimum Gasteiger partial charge on any atom is -0.347 e. The number of carbonyl (C=O) groups is 1. The number of nitrogens with one attached hydrogen (secondary N) is 1. The van der Waals surface area contributed by atoms with Gasteiger partial charge in [0.25, 0.3) is 5.91 Å². The highest BCUT2D eigenvalue weighted by Gasteiger charge is 2.12. The predicted octanol–water partition coefficient (Wildman–Crippen LogP) is 2.90. The third-order valence-corrected chi connectivity index (χ3v) is 3.46. The lowest BCUT2D eigenvalue weighted by atomic mass is 10.1. The molecule has 0 aliphatic carbocycles. The van der Waals surface area contributed by atoms with Crippen molar-refractivity contribution in [2.45, 2.75) is 26.9 Å². The third kappa shape index (κ3) is 3.23. The van der Waals surface area contributed by atoms with Gasteiger partial charge in [0.15, 0.2) is 0 Å². The maximum absolute atomic E-state index is 12.1. The number of nitrogens with zero attached hydrogens (tertiary/aromatic N) is 2. The first-order chi connectivity index (χ1) is 9.11. The van der Waals surface area contributed by atoms with Crippen molar-refractivity contribution < 1.29 is 4.79 Å². The quantitative estimate of drug-likeness (QED) is 0.941. The molecule has 0 bridgehead atoms. The van der Waals surface area contributed by atoms with E-state index in [1.165, 1.54) is 0 Å². The Kier molecular flexibility index (Phi) is 4.37. The number of aryl methyl sites for hydroxylation is 2. The van der Waals surface area contributed by atoms with Crippen LogP contribution in [0.3, 0.4) is 0 Å². The number of halogens is 1. The summed E-state index contributed by atoms with van der Waals surface area (Å²) < 4.78 is 2.83. The van der Waals surface area contributed by atoms with Crippen LogP contribution < -0.4 is 5.32 Å². The van der Waals surface area contributed by atoms with Crippen molar-refractivity contribution in [1.29, 1.82) is 0 Å². The summed E-state index contributed by atoms with van der Waals surface area (Å²) >= 11 is 3.39. The van der Waals surface area contributed by atoms with Crippen LogP contribution >= 0.6 is 15.9 Å². The second-order valence-electron chi connectivity index (χ2n) is 4.31. The van der Waals surface area contributed by atoms with Gasteiger partial charge in [-0.25, -0.2) is 0 Å². The van der Waals surface area contributed by atoms with Crippen LogP contribution in [0.25, 0.3) is 0 Å². The van der Waals surface area contributed by atoms with Crippen molar-refractivity contribution in [3.05, 3.63) is 52.0 Å². The number of carbonyl (C=O) groups excluding carboxylic acids is 1. The SMILES string of the molecule is CCn1cc(Br)cc1C(=O)NCc1cnccc1C. The summed E-state index contributed by atoms with van der Waals surface area (Å²) in [5, 5.41) is 2.92. The Bertz CT molecular complexity index is 592. The molecule has 19 heavy (non-hydrogen) atoms. The van der Waals surface area contributed by atoms with Crippen LogP contribution in [0.15, 0.2) is 35.2 Å². The number of hydrogen-bond acceptors (Lipinski definition) is 2. The van der Waals surface area contributed by atoms with Gasteiger partial charge in [0, 0.05) is 36.2 Å². The molecule has 0 spiro atoms. The van der Waals surface area contributed by atoms with Crippen LogP contribution in [-0.2, 0) is 13.1 Å². The molecule has 5 heteroatoms. The summed E-state index contributed by atoms with van der Waals surface area (Å²) in [4.78, 5) is 16.2. The van der Waals surface area contributed by atoms with Crippen LogP contribution in [0.4, 0.5) is 0 Å². The lowest BCUT2D eigenvalue weighted by Gasteiger charge is -2.09. The highest BCUT2D eigenvalue weighted by molar-refractivity contribution is 9.10. The van der Waals surface area contributed by atoms with Gasteiger partial charge in [0.2, 0.25) is 0 Å². The maximum Gasteiger partial charge on any atom is 0.268 e. The number of amides is 1. The van der Waals surface area contributed by atoms with Gasteiger partial charge in [-0.1, -0.05) is 0 Å². The molecule has 0 aliphatic rings.